The zero-order valence-electron chi connectivity index (χ0n) is 9.10. The molecule has 84 valence electrons. The molecule has 0 unspecified atom stereocenters. The maximum absolute atomic E-state index is 10.4. The van der Waals surface area contributed by atoms with E-state index in [9.17, 15) is 4.79 Å². The van der Waals surface area contributed by atoms with Crippen LogP contribution >= 0.6 is 0 Å². The van der Waals surface area contributed by atoms with Gasteiger partial charge in [-0.1, -0.05) is 12.1 Å². The average Bonchev–Trinajstić information content (AvgIpc) is 2.61. The highest BCUT2D eigenvalue weighted by atomic mass is 16.4. The summed E-state index contributed by atoms with van der Waals surface area (Å²) in [6, 6.07) is 8.10. The van der Waals surface area contributed by atoms with Gasteiger partial charge < -0.3 is 15.0 Å². The van der Waals surface area contributed by atoms with E-state index in [-0.39, 0.29) is 6.54 Å². The number of rotatable bonds is 4. The molecule has 2 rings (SSSR count). The molecule has 0 atom stereocenters. The van der Waals surface area contributed by atoms with Crippen molar-refractivity contribution in [3.8, 4) is 0 Å². The smallest absolute Gasteiger partial charge is 0.317 e. The van der Waals surface area contributed by atoms with Gasteiger partial charge in [-0.25, -0.2) is 0 Å². The van der Waals surface area contributed by atoms with Crippen LogP contribution in [0, 0.1) is 0 Å². The normalized spacial score (nSPS) is 10.8. The summed E-state index contributed by atoms with van der Waals surface area (Å²) in [7, 11) is 2.00. The van der Waals surface area contributed by atoms with Crippen molar-refractivity contribution in [2.24, 2.45) is 7.05 Å². The molecule has 0 aliphatic heterocycles. The lowest BCUT2D eigenvalue weighted by Gasteiger charge is -2.04. The van der Waals surface area contributed by atoms with Crippen LogP contribution in [0.5, 0.6) is 0 Å². The first-order chi connectivity index (χ1) is 7.68. The van der Waals surface area contributed by atoms with Crippen LogP contribution in [0.4, 0.5) is 0 Å². The number of benzene rings is 1. The second-order valence-electron chi connectivity index (χ2n) is 3.77. The number of nitrogens with zero attached hydrogens (tertiary/aromatic N) is 1. The van der Waals surface area contributed by atoms with Gasteiger partial charge in [-0.05, 0) is 17.7 Å². The highest BCUT2D eigenvalue weighted by molar-refractivity contribution is 5.83. The van der Waals surface area contributed by atoms with Crippen LogP contribution in [0.25, 0.3) is 10.9 Å². The van der Waals surface area contributed by atoms with Crippen LogP contribution in [-0.4, -0.2) is 22.2 Å². The first-order valence-corrected chi connectivity index (χ1v) is 5.14. The summed E-state index contributed by atoms with van der Waals surface area (Å²) in [5.74, 6) is -0.833. The molecule has 0 amide bonds. The highest BCUT2D eigenvalue weighted by Crippen LogP contribution is 2.19. The lowest BCUT2D eigenvalue weighted by Crippen LogP contribution is -2.21. The van der Waals surface area contributed by atoms with Gasteiger partial charge in [0, 0.05) is 30.7 Å². The molecule has 0 aliphatic rings. The first-order valence-electron chi connectivity index (χ1n) is 5.14. The summed E-state index contributed by atoms with van der Waals surface area (Å²) in [6.07, 6.45) is 2.01. The van der Waals surface area contributed by atoms with Gasteiger partial charge in [0.25, 0.3) is 0 Å². The molecule has 0 saturated carbocycles. The number of carboxylic acid groups (broad SMARTS) is 1. The van der Waals surface area contributed by atoms with E-state index in [1.807, 2.05) is 31.4 Å². The number of hydrogen-bond donors (Lipinski definition) is 2. The van der Waals surface area contributed by atoms with E-state index in [2.05, 4.69) is 16.0 Å². The van der Waals surface area contributed by atoms with Gasteiger partial charge in [-0.15, -0.1) is 0 Å². The molecule has 4 nitrogen and oxygen atoms in total. The molecule has 1 aromatic heterocycles. The number of aryl methyl sites for hydroxylation is 1. The van der Waals surface area contributed by atoms with E-state index in [1.165, 1.54) is 5.39 Å². The standard InChI is InChI=1S/C12H14N2O2/c1-14-6-5-10-9(3-2-4-11(10)14)7-13-8-12(15)16/h2-6,13H,7-8H2,1H3,(H,15,16). The molecule has 4 heteroatoms. The van der Waals surface area contributed by atoms with Gasteiger partial charge in [0.15, 0.2) is 0 Å². The van der Waals surface area contributed by atoms with E-state index < -0.39 is 5.97 Å². The molecule has 1 aromatic carbocycles. The Labute approximate surface area is 93.5 Å². The molecular formula is C12H14N2O2. The van der Waals surface area contributed by atoms with Crippen molar-refractivity contribution in [2.45, 2.75) is 6.54 Å². The zero-order chi connectivity index (χ0) is 11.5. The second-order valence-corrected chi connectivity index (χ2v) is 3.77. The summed E-state index contributed by atoms with van der Waals surface area (Å²) in [4.78, 5) is 10.4. The molecule has 0 aliphatic carbocycles. The number of carbonyl (C=O) groups is 1. The second kappa shape index (κ2) is 4.37. The van der Waals surface area contributed by atoms with Gasteiger partial charge >= 0.3 is 5.97 Å². The highest BCUT2D eigenvalue weighted by Gasteiger charge is 2.03. The van der Waals surface area contributed by atoms with E-state index in [0.29, 0.717) is 6.54 Å². The molecule has 0 radical (unpaired) electrons. The molecule has 0 fully saturated rings. The number of fused-ring (bicyclic) bond motifs is 1. The van der Waals surface area contributed by atoms with Gasteiger partial charge in [-0.3, -0.25) is 4.79 Å². The molecule has 2 aromatic rings. The Hall–Kier alpha value is -1.81. The third-order valence-corrected chi connectivity index (χ3v) is 2.61. The Morgan fingerprint density at radius 1 is 1.44 bits per heavy atom. The largest absolute Gasteiger partial charge is 0.480 e. The molecule has 0 bridgehead atoms. The summed E-state index contributed by atoms with van der Waals surface area (Å²) in [5.41, 5.74) is 2.29. The van der Waals surface area contributed by atoms with Gasteiger partial charge in [0.1, 0.15) is 0 Å². The van der Waals surface area contributed by atoms with Gasteiger partial charge in [0.2, 0.25) is 0 Å². The fourth-order valence-electron chi connectivity index (χ4n) is 1.82. The van der Waals surface area contributed by atoms with Crippen LogP contribution < -0.4 is 5.32 Å². The predicted molar refractivity (Wildman–Crippen MR) is 62.3 cm³/mol. The van der Waals surface area contributed by atoms with E-state index in [4.69, 9.17) is 5.11 Å². The maximum atomic E-state index is 10.4. The summed E-state index contributed by atoms with van der Waals surface area (Å²) in [5, 5.41) is 12.6. The monoisotopic (exact) mass is 218 g/mol. The van der Waals surface area contributed by atoms with Crippen molar-refractivity contribution in [1.82, 2.24) is 9.88 Å². The number of aromatic nitrogens is 1. The van der Waals surface area contributed by atoms with Gasteiger partial charge in [0.05, 0.1) is 6.54 Å². The summed E-state index contributed by atoms with van der Waals surface area (Å²) < 4.78 is 2.05. The van der Waals surface area contributed by atoms with Crippen LogP contribution in [-0.2, 0) is 18.4 Å². The Balaban J connectivity index is 2.20. The maximum Gasteiger partial charge on any atom is 0.317 e. The Bertz CT molecular complexity index is 517. The zero-order valence-corrected chi connectivity index (χ0v) is 9.10. The molecule has 16 heavy (non-hydrogen) atoms. The van der Waals surface area contributed by atoms with Crippen molar-refractivity contribution < 1.29 is 9.90 Å². The molecule has 1 heterocycles. The SMILES string of the molecule is Cn1ccc2c(CNCC(=O)O)cccc21. The number of hydrogen-bond acceptors (Lipinski definition) is 2. The Morgan fingerprint density at radius 2 is 2.25 bits per heavy atom. The fraction of sp³-hybridized carbons (Fsp3) is 0.250. The lowest BCUT2D eigenvalue weighted by atomic mass is 10.1. The predicted octanol–water partition coefficient (Wildman–Crippen LogP) is 1.35. The third-order valence-electron chi connectivity index (χ3n) is 2.61. The van der Waals surface area contributed by atoms with Crippen LogP contribution in [0.15, 0.2) is 30.5 Å². The topological polar surface area (TPSA) is 54.3 Å². The molecule has 2 N–H and O–H groups in total. The average molecular weight is 218 g/mol. The first kappa shape index (κ1) is 10.7. The number of aliphatic carboxylic acids is 1. The number of carboxylic acids is 1. The van der Waals surface area contributed by atoms with Crippen molar-refractivity contribution in [2.75, 3.05) is 6.54 Å². The minimum Gasteiger partial charge on any atom is -0.480 e. The van der Waals surface area contributed by atoms with E-state index in [1.54, 1.807) is 0 Å². The van der Waals surface area contributed by atoms with E-state index in [0.717, 1.165) is 11.1 Å². The Kier molecular flexibility index (Phi) is 2.92. The number of nitrogens with one attached hydrogen (secondary N) is 1. The van der Waals surface area contributed by atoms with Crippen molar-refractivity contribution in [1.29, 1.82) is 0 Å². The minimum atomic E-state index is -0.833. The lowest BCUT2D eigenvalue weighted by molar-refractivity contribution is -0.135. The Morgan fingerprint density at radius 3 is 3.00 bits per heavy atom. The molecular weight excluding hydrogens is 204 g/mol. The fourth-order valence-corrected chi connectivity index (χ4v) is 1.82. The van der Waals surface area contributed by atoms with Crippen molar-refractivity contribution in [3.05, 3.63) is 36.0 Å². The van der Waals surface area contributed by atoms with E-state index >= 15 is 0 Å². The van der Waals surface area contributed by atoms with Crippen LogP contribution in [0.2, 0.25) is 0 Å². The minimum absolute atomic E-state index is 0.0107. The van der Waals surface area contributed by atoms with Crippen LogP contribution in [0.3, 0.4) is 0 Å². The van der Waals surface area contributed by atoms with Gasteiger partial charge in [-0.2, -0.15) is 0 Å². The van der Waals surface area contributed by atoms with Crippen molar-refractivity contribution in [3.63, 3.8) is 0 Å². The summed E-state index contributed by atoms with van der Waals surface area (Å²) in [6.45, 7) is 0.566. The summed E-state index contributed by atoms with van der Waals surface area (Å²) >= 11 is 0. The van der Waals surface area contributed by atoms with Crippen LogP contribution in [0.1, 0.15) is 5.56 Å². The van der Waals surface area contributed by atoms with Crippen molar-refractivity contribution >= 4 is 16.9 Å². The molecule has 0 saturated heterocycles. The third kappa shape index (κ3) is 2.06. The molecule has 0 spiro atoms. The quantitative estimate of drug-likeness (QED) is 0.814.